The molecule has 0 nitrogen and oxygen atoms in total. The summed E-state index contributed by atoms with van der Waals surface area (Å²) < 4.78 is 0. The highest BCUT2D eigenvalue weighted by Gasteiger charge is 2.22. The van der Waals surface area contributed by atoms with Crippen LogP contribution in [0, 0.1) is 6.92 Å². The van der Waals surface area contributed by atoms with Crippen LogP contribution in [0.2, 0.25) is 0 Å². The van der Waals surface area contributed by atoms with Gasteiger partial charge in [-0.05, 0) is 60.8 Å². The highest BCUT2D eigenvalue weighted by molar-refractivity contribution is 7.80. The predicted molar refractivity (Wildman–Crippen MR) is 116 cm³/mol. The third-order valence-corrected chi connectivity index (χ3v) is 7.39. The molecule has 0 amide bonds. The minimum atomic E-state index is -0.580. The first kappa shape index (κ1) is 17.0. The van der Waals surface area contributed by atoms with E-state index in [9.17, 15) is 0 Å². The first-order valence-corrected chi connectivity index (χ1v) is 10.5. The van der Waals surface area contributed by atoms with Gasteiger partial charge in [-0.15, -0.1) is 0 Å². The van der Waals surface area contributed by atoms with E-state index in [1.54, 1.807) is 0 Å². The smallest absolute Gasteiger partial charge is 0.00730 e. The monoisotopic (exact) mass is 354 g/mol. The molecule has 26 heavy (non-hydrogen) atoms. The van der Waals surface area contributed by atoms with Gasteiger partial charge in [0.05, 0.1) is 0 Å². The summed E-state index contributed by atoms with van der Waals surface area (Å²) in [7, 11) is -0.580. The van der Waals surface area contributed by atoms with Gasteiger partial charge in [0.1, 0.15) is 0 Å². The summed E-state index contributed by atoms with van der Waals surface area (Å²) in [6.07, 6.45) is 5.57. The fraction of sp³-hybridized carbons (Fsp3) is 0.120. The first-order valence-electron chi connectivity index (χ1n) is 9.11. The minimum Gasteiger partial charge on any atom is -0.0798 e. The van der Waals surface area contributed by atoms with Gasteiger partial charge in [-0.3, -0.25) is 0 Å². The fourth-order valence-corrected chi connectivity index (χ4v) is 6.18. The summed E-state index contributed by atoms with van der Waals surface area (Å²) in [6, 6.07) is 28.9. The third-order valence-electron chi connectivity index (χ3n) is 4.91. The fourth-order valence-electron chi connectivity index (χ4n) is 3.60. The molecule has 0 bridgehead atoms. The van der Waals surface area contributed by atoms with Crippen LogP contribution in [0.3, 0.4) is 0 Å². The second-order valence-electron chi connectivity index (χ2n) is 6.80. The van der Waals surface area contributed by atoms with E-state index in [1.165, 1.54) is 38.2 Å². The summed E-state index contributed by atoms with van der Waals surface area (Å²) in [4.78, 5) is 0. The van der Waals surface area contributed by atoms with Crippen LogP contribution in [0.15, 0.2) is 96.6 Å². The Labute approximate surface area is 157 Å². The van der Waals surface area contributed by atoms with Crippen LogP contribution in [0.1, 0.15) is 24.5 Å². The van der Waals surface area contributed by atoms with Crippen molar-refractivity contribution in [3.8, 4) is 0 Å². The van der Waals surface area contributed by atoms with Gasteiger partial charge < -0.3 is 0 Å². The molecule has 0 saturated heterocycles. The number of hydrogen-bond acceptors (Lipinski definition) is 0. The number of rotatable bonds is 4. The molecule has 0 fully saturated rings. The van der Waals surface area contributed by atoms with Gasteiger partial charge >= 0.3 is 0 Å². The summed E-state index contributed by atoms with van der Waals surface area (Å²) in [5.41, 5.74) is 5.61. The standard InChI is InChI=1S/C25H23P/c1-19-16-17-24(23-15-9-10-20(23)2)25(18-19)26(21-11-5-3-6-12-21)22-13-7-4-8-14-22/h3-14,16-18H,15H2,1-2H3. The zero-order valence-corrected chi connectivity index (χ0v) is 16.2. The largest absolute Gasteiger partial charge is 0.0798 e. The molecule has 1 heteroatoms. The molecule has 128 valence electrons. The third kappa shape index (κ3) is 3.30. The quantitative estimate of drug-likeness (QED) is 0.544. The van der Waals surface area contributed by atoms with Crippen LogP contribution in [0.4, 0.5) is 0 Å². The SMILES string of the molecule is CC1=C(c2ccc(C)cc2P(c2ccccc2)c2ccccc2)CC=C1. The van der Waals surface area contributed by atoms with Gasteiger partial charge in [-0.25, -0.2) is 0 Å². The van der Waals surface area contributed by atoms with Crippen LogP contribution in [-0.4, -0.2) is 0 Å². The molecule has 0 radical (unpaired) electrons. The normalized spacial score (nSPS) is 13.7. The van der Waals surface area contributed by atoms with Crippen molar-refractivity contribution in [2.75, 3.05) is 0 Å². The van der Waals surface area contributed by atoms with E-state index in [1.807, 2.05) is 0 Å². The van der Waals surface area contributed by atoms with Crippen molar-refractivity contribution < 1.29 is 0 Å². The van der Waals surface area contributed by atoms with E-state index >= 15 is 0 Å². The molecule has 3 aromatic carbocycles. The van der Waals surface area contributed by atoms with E-state index in [4.69, 9.17) is 0 Å². The van der Waals surface area contributed by atoms with Crippen LogP contribution in [0.5, 0.6) is 0 Å². The van der Waals surface area contributed by atoms with Crippen LogP contribution >= 0.6 is 7.92 Å². The van der Waals surface area contributed by atoms with Crippen molar-refractivity contribution in [1.29, 1.82) is 0 Å². The van der Waals surface area contributed by atoms with Gasteiger partial charge in [0.2, 0.25) is 0 Å². The minimum absolute atomic E-state index is 0.580. The molecule has 0 atom stereocenters. The Kier molecular flexibility index (Phi) is 4.87. The van der Waals surface area contributed by atoms with E-state index < -0.39 is 7.92 Å². The summed E-state index contributed by atoms with van der Waals surface area (Å²) in [5, 5.41) is 4.28. The van der Waals surface area contributed by atoms with Crippen molar-refractivity contribution in [2.24, 2.45) is 0 Å². The van der Waals surface area contributed by atoms with Crippen LogP contribution < -0.4 is 15.9 Å². The summed E-state index contributed by atoms with van der Waals surface area (Å²) in [6.45, 7) is 4.43. The molecule has 0 aliphatic heterocycles. The van der Waals surface area contributed by atoms with Crippen molar-refractivity contribution >= 4 is 29.4 Å². The number of benzene rings is 3. The molecule has 0 aromatic heterocycles. The zero-order valence-electron chi connectivity index (χ0n) is 15.3. The molecule has 3 aromatic rings. The van der Waals surface area contributed by atoms with E-state index in [2.05, 4.69) is 105 Å². The molecule has 0 unspecified atom stereocenters. The van der Waals surface area contributed by atoms with Crippen LogP contribution in [0.25, 0.3) is 5.57 Å². The average Bonchev–Trinajstić information content (AvgIpc) is 3.10. The summed E-state index contributed by atoms with van der Waals surface area (Å²) in [5.74, 6) is 0. The predicted octanol–water partition coefficient (Wildman–Crippen LogP) is 5.49. The maximum atomic E-state index is 2.40. The molecule has 0 N–H and O–H groups in total. The van der Waals surface area contributed by atoms with Gasteiger partial charge in [-0.2, -0.15) is 0 Å². The summed E-state index contributed by atoms with van der Waals surface area (Å²) >= 11 is 0. The van der Waals surface area contributed by atoms with Crippen LogP contribution in [-0.2, 0) is 0 Å². The van der Waals surface area contributed by atoms with Gasteiger partial charge in [-0.1, -0.05) is 96.6 Å². The van der Waals surface area contributed by atoms with E-state index in [0.29, 0.717) is 0 Å². The molecule has 0 heterocycles. The number of hydrogen-bond donors (Lipinski definition) is 0. The molecule has 4 rings (SSSR count). The van der Waals surface area contributed by atoms with Crippen molar-refractivity contribution in [3.05, 3.63) is 108 Å². The van der Waals surface area contributed by atoms with E-state index in [0.717, 1.165) is 6.42 Å². The Balaban J connectivity index is 1.95. The molecule has 0 spiro atoms. The highest BCUT2D eigenvalue weighted by Crippen LogP contribution is 2.38. The molecular weight excluding hydrogens is 331 g/mol. The Hall–Kier alpha value is -2.43. The topological polar surface area (TPSA) is 0 Å². The lowest BCUT2D eigenvalue weighted by Crippen LogP contribution is -2.23. The number of allylic oxidation sites excluding steroid dienone is 4. The van der Waals surface area contributed by atoms with E-state index in [-0.39, 0.29) is 0 Å². The van der Waals surface area contributed by atoms with Crippen molar-refractivity contribution in [3.63, 3.8) is 0 Å². The molecule has 1 aliphatic rings. The zero-order chi connectivity index (χ0) is 17.9. The van der Waals surface area contributed by atoms with Gasteiger partial charge in [0, 0.05) is 0 Å². The van der Waals surface area contributed by atoms with Gasteiger partial charge in [0.15, 0.2) is 0 Å². The first-order chi connectivity index (χ1) is 12.7. The number of aryl methyl sites for hydroxylation is 1. The Bertz CT molecular complexity index is 926. The second-order valence-corrected chi connectivity index (χ2v) is 8.98. The Morgan fingerprint density at radius 1 is 0.731 bits per heavy atom. The Morgan fingerprint density at radius 2 is 1.35 bits per heavy atom. The average molecular weight is 354 g/mol. The van der Waals surface area contributed by atoms with Crippen molar-refractivity contribution in [2.45, 2.75) is 20.3 Å². The van der Waals surface area contributed by atoms with Gasteiger partial charge in [0.25, 0.3) is 0 Å². The Morgan fingerprint density at radius 3 is 1.88 bits per heavy atom. The van der Waals surface area contributed by atoms with Crippen molar-refractivity contribution in [1.82, 2.24) is 0 Å². The second kappa shape index (κ2) is 7.44. The molecule has 1 aliphatic carbocycles. The maximum absolute atomic E-state index is 2.40. The highest BCUT2D eigenvalue weighted by atomic mass is 31.1. The lowest BCUT2D eigenvalue weighted by atomic mass is 10.0. The lowest BCUT2D eigenvalue weighted by Gasteiger charge is -2.24. The lowest BCUT2D eigenvalue weighted by molar-refractivity contribution is 1.40. The molecular formula is C25H23P. The maximum Gasteiger partial charge on any atom is -0.00730 e. The molecule has 0 saturated carbocycles.